The van der Waals surface area contributed by atoms with E-state index in [1.807, 2.05) is 4.68 Å². The topological polar surface area (TPSA) is 55.6 Å². The van der Waals surface area contributed by atoms with Crippen LogP contribution in [0.3, 0.4) is 0 Å². The molecule has 24 heavy (non-hydrogen) atoms. The summed E-state index contributed by atoms with van der Waals surface area (Å²) in [6.07, 6.45) is 2.18. The van der Waals surface area contributed by atoms with Crippen LogP contribution in [-0.4, -0.2) is 20.2 Å². The van der Waals surface area contributed by atoms with Gasteiger partial charge in [0.05, 0.1) is 0 Å². The highest BCUT2D eigenvalue weighted by Crippen LogP contribution is 2.32. The van der Waals surface area contributed by atoms with Crippen LogP contribution >= 0.6 is 0 Å². The van der Waals surface area contributed by atoms with E-state index in [1.54, 1.807) is 0 Å². The number of aryl methyl sites for hydroxylation is 3. The number of anilines is 1. The largest absolute Gasteiger partial charge is 0.323 e. The molecular formula is C19H19N5. The molecule has 0 radical (unpaired) electrons. The molecule has 0 aliphatic carbocycles. The highest BCUT2D eigenvalue weighted by atomic mass is 15.6. The molecule has 0 amide bonds. The molecule has 0 spiro atoms. The number of allylic oxidation sites excluding steroid dienone is 1. The highest BCUT2D eigenvalue weighted by Gasteiger charge is 2.24. The third-order valence-corrected chi connectivity index (χ3v) is 4.53. The number of tetrazole rings is 1. The monoisotopic (exact) mass is 317 g/mol. The van der Waals surface area contributed by atoms with Crippen LogP contribution in [-0.2, 0) is 0 Å². The zero-order valence-electron chi connectivity index (χ0n) is 14.0. The molecule has 0 saturated carbocycles. The maximum absolute atomic E-state index is 4.15. The molecule has 4 rings (SSSR count). The number of benzene rings is 2. The van der Waals surface area contributed by atoms with E-state index in [2.05, 4.69) is 90.2 Å². The molecule has 2 heterocycles. The van der Waals surface area contributed by atoms with E-state index in [9.17, 15) is 0 Å². The molecule has 120 valence electrons. The molecule has 0 fully saturated rings. The van der Waals surface area contributed by atoms with Crippen LogP contribution in [0, 0.1) is 20.8 Å². The molecule has 0 bridgehead atoms. The van der Waals surface area contributed by atoms with Gasteiger partial charge in [0.2, 0.25) is 5.95 Å². The summed E-state index contributed by atoms with van der Waals surface area (Å²) in [6.45, 7) is 6.35. The van der Waals surface area contributed by atoms with Crippen LogP contribution in [0.5, 0.6) is 0 Å². The summed E-state index contributed by atoms with van der Waals surface area (Å²) < 4.78 is 1.82. The van der Waals surface area contributed by atoms with Gasteiger partial charge in [-0.15, -0.1) is 0 Å². The van der Waals surface area contributed by atoms with Gasteiger partial charge >= 0.3 is 0 Å². The Balaban J connectivity index is 1.82. The number of hydrogen-bond donors (Lipinski definition) is 1. The van der Waals surface area contributed by atoms with Gasteiger partial charge in [0, 0.05) is 5.70 Å². The van der Waals surface area contributed by atoms with Crippen LogP contribution < -0.4 is 5.32 Å². The van der Waals surface area contributed by atoms with Gasteiger partial charge in [-0.25, -0.2) is 0 Å². The van der Waals surface area contributed by atoms with E-state index in [0.717, 1.165) is 11.3 Å². The Morgan fingerprint density at radius 2 is 1.88 bits per heavy atom. The minimum Gasteiger partial charge on any atom is -0.323 e. The standard InChI is InChI=1S/C19H19N5/c1-12-5-4-6-16(9-12)18-11-17(20-19-21-22-23-24(18)19)15-8-7-13(2)14(3)10-15/h4-11,18H,1-3H3,(H,20,21,23). The number of hydrogen-bond acceptors (Lipinski definition) is 4. The van der Waals surface area contributed by atoms with Crippen molar-refractivity contribution in [3.63, 3.8) is 0 Å². The molecule has 5 nitrogen and oxygen atoms in total. The number of rotatable bonds is 2. The lowest BCUT2D eigenvalue weighted by Gasteiger charge is -2.24. The van der Waals surface area contributed by atoms with Crippen molar-refractivity contribution in [2.24, 2.45) is 0 Å². The number of nitrogens with zero attached hydrogens (tertiary/aromatic N) is 4. The first-order valence-corrected chi connectivity index (χ1v) is 8.03. The van der Waals surface area contributed by atoms with E-state index in [1.165, 1.54) is 22.3 Å². The number of aromatic nitrogens is 4. The average molecular weight is 317 g/mol. The Hall–Kier alpha value is -2.95. The third-order valence-electron chi connectivity index (χ3n) is 4.53. The summed E-state index contributed by atoms with van der Waals surface area (Å²) in [4.78, 5) is 0. The van der Waals surface area contributed by atoms with Gasteiger partial charge in [-0.2, -0.15) is 4.68 Å². The summed E-state index contributed by atoms with van der Waals surface area (Å²) in [7, 11) is 0. The van der Waals surface area contributed by atoms with Crippen LogP contribution in [0.25, 0.3) is 5.70 Å². The van der Waals surface area contributed by atoms with E-state index in [-0.39, 0.29) is 6.04 Å². The summed E-state index contributed by atoms with van der Waals surface area (Å²) in [5.41, 5.74) is 7.13. The predicted octanol–water partition coefficient (Wildman–Crippen LogP) is 3.65. The Morgan fingerprint density at radius 1 is 1.00 bits per heavy atom. The summed E-state index contributed by atoms with van der Waals surface area (Å²) in [5.74, 6) is 0.664. The second-order valence-electron chi connectivity index (χ2n) is 6.31. The van der Waals surface area contributed by atoms with Crippen molar-refractivity contribution >= 4 is 11.6 Å². The molecule has 1 N–H and O–H groups in total. The second-order valence-corrected chi connectivity index (χ2v) is 6.31. The first kappa shape index (κ1) is 14.6. The molecule has 1 unspecified atom stereocenters. The Kier molecular flexibility index (Phi) is 3.41. The van der Waals surface area contributed by atoms with Crippen LogP contribution in [0.2, 0.25) is 0 Å². The van der Waals surface area contributed by atoms with Gasteiger partial charge in [0.25, 0.3) is 0 Å². The zero-order valence-corrected chi connectivity index (χ0v) is 14.0. The van der Waals surface area contributed by atoms with Crippen molar-refractivity contribution in [3.8, 4) is 0 Å². The van der Waals surface area contributed by atoms with Crippen molar-refractivity contribution in [1.82, 2.24) is 20.2 Å². The molecule has 5 heteroatoms. The number of nitrogens with one attached hydrogen (secondary N) is 1. The maximum Gasteiger partial charge on any atom is 0.248 e. The molecule has 3 aromatic rings. The van der Waals surface area contributed by atoms with Crippen molar-refractivity contribution in [3.05, 3.63) is 76.4 Å². The minimum atomic E-state index is -0.0206. The summed E-state index contributed by atoms with van der Waals surface area (Å²) in [5, 5.41) is 15.4. The molecule has 1 aliphatic rings. The van der Waals surface area contributed by atoms with Crippen molar-refractivity contribution in [2.45, 2.75) is 26.8 Å². The van der Waals surface area contributed by atoms with E-state index in [4.69, 9.17) is 0 Å². The third kappa shape index (κ3) is 2.48. The molecule has 1 aromatic heterocycles. The highest BCUT2D eigenvalue weighted by molar-refractivity contribution is 5.77. The zero-order chi connectivity index (χ0) is 16.7. The van der Waals surface area contributed by atoms with E-state index >= 15 is 0 Å². The quantitative estimate of drug-likeness (QED) is 0.784. The fourth-order valence-electron chi connectivity index (χ4n) is 3.02. The maximum atomic E-state index is 4.15. The molecule has 1 atom stereocenters. The lowest BCUT2D eigenvalue weighted by atomic mass is 9.98. The normalized spacial score (nSPS) is 16.3. The van der Waals surface area contributed by atoms with Gasteiger partial charge in [-0.05, 0) is 65.6 Å². The van der Waals surface area contributed by atoms with Gasteiger partial charge < -0.3 is 5.32 Å². The average Bonchev–Trinajstić information content (AvgIpc) is 3.05. The van der Waals surface area contributed by atoms with Gasteiger partial charge in [0.15, 0.2) is 0 Å². The van der Waals surface area contributed by atoms with E-state index in [0.29, 0.717) is 5.95 Å². The Bertz CT molecular complexity index is 938. The number of fused-ring (bicyclic) bond motifs is 1. The van der Waals surface area contributed by atoms with Crippen LogP contribution in [0.15, 0.2) is 48.5 Å². The van der Waals surface area contributed by atoms with Crippen molar-refractivity contribution in [1.29, 1.82) is 0 Å². The molecule has 1 aliphatic heterocycles. The second kappa shape index (κ2) is 5.60. The smallest absolute Gasteiger partial charge is 0.248 e. The van der Waals surface area contributed by atoms with Gasteiger partial charge in [0.1, 0.15) is 6.04 Å². The first-order chi connectivity index (χ1) is 11.6. The van der Waals surface area contributed by atoms with Gasteiger partial charge in [-0.1, -0.05) is 47.1 Å². The Morgan fingerprint density at radius 3 is 2.67 bits per heavy atom. The molecular weight excluding hydrogens is 298 g/mol. The lowest BCUT2D eigenvalue weighted by Crippen LogP contribution is -2.20. The summed E-state index contributed by atoms with van der Waals surface area (Å²) >= 11 is 0. The summed E-state index contributed by atoms with van der Waals surface area (Å²) in [6, 6.07) is 14.9. The minimum absolute atomic E-state index is 0.0206. The Labute approximate surface area is 141 Å². The van der Waals surface area contributed by atoms with Crippen molar-refractivity contribution in [2.75, 3.05) is 5.32 Å². The van der Waals surface area contributed by atoms with Crippen LogP contribution in [0.1, 0.15) is 33.9 Å². The lowest BCUT2D eigenvalue weighted by molar-refractivity contribution is 0.585. The van der Waals surface area contributed by atoms with Crippen LogP contribution in [0.4, 0.5) is 5.95 Å². The van der Waals surface area contributed by atoms with Crippen molar-refractivity contribution < 1.29 is 0 Å². The molecule has 0 saturated heterocycles. The van der Waals surface area contributed by atoms with E-state index < -0.39 is 0 Å². The first-order valence-electron chi connectivity index (χ1n) is 8.03. The molecule has 2 aromatic carbocycles. The predicted molar refractivity (Wildman–Crippen MR) is 94.7 cm³/mol. The fraction of sp³-hybridized carbons (Fsp3) is 0.211. The van der Waals surface area contributed by atoms with Gasteiger partial charge in [-0.3, -0.25) is 0 Å². The SMILES string of the molecule is Cc1cccc(C2C=C(c3ccc(C)c(C)c3)Nc3nnnn32)c1. The fourth-order valence-corrected chi connectivity index (χ4v) is 3.02.